The van der Waals surface area contributed by atoms with Gasteiger partial charge in [-0.15, -0.1) is 0 Å². The van der Waals surface area contributed by atoms with Gasteiger partial charge < -0.3 is 10.1 Å². The average Bonchev–Trinajstić information content (AvgIpc) is 2.50. The van der Waals surface area contributed by atoms with Crippen LogP contribution in [-0.2, 0) is 14.8 Å². The lowest BCUT2D eigenvalue weighted by Gasteiger charge is -2.23. The van der Waals surface area contributed by atoms with Gasteiger partial charge in [-0.05, 0) is 43.3 Å². The van der Waals surface area contributed by atoms with E-state index in [1.807, 2.05) is 0 Å². The number of hydrogen-bond acceptors (Lipinski definition) is 4. The van der Waals surface area contributed by atoms with Gasteiger partial charge in [0.25, 0.3) is 15.9 Å². The molecule has 0 fully saturated rings. The van der Waals surface area contributed by atoms with Crippen LogP contribution in [-0.4, -0.2) is 20.4 Å². The number of carbonyl (C=O) groups excluding carboxylic acids is 1. The van der Waals surface area contributed by atoms with E-state index in [-0.39, 0.29) is 26.5 Å². The number of carbonyl (C=O) groups is 1. The first kappa shape index (κ1) is 16.9. The Morgan fingerprint density at radius 3 is 2.67 bits per heavy atom. The molecular formula is C15H12Cl2N2O4S. The van der Waals surface area contributed by atoms with Crippen molar-refractivity contribution in [1.82, 2.24) is 0 Å². The quantitative estimate of drug-likeness (QED) is 0.844. The van der Waals surface area contributed by atoms with Crippen LogP contribution in [0, 0.1) is 0 Å². The van der Waals surface area contributed by atoms with E-state index in [0.717, 1.165) is 0 Å². The molecule has 0 saturated carbocycles. The smallest absolute Gasteiger partial charge is 0.265 e. The third kappa shape index (κ3) is 3.28. The molecule has 1 aliphatic rings. The van der Waals surface area contributed by atoms with Gasteiger partial charge >= 0.3 is 0 Å². The number of rotatable bonds is 3. The normalized spacial score (nSPS) is 16.8. The number of halogens is 2. The van der Waals surface area contributed by atoms with Crippen molar-refractivity contribution in [3.63, 3.8) is 0 Å². The minimum Gasteiger partial charge on any atom is -0.479 e. The number of nitrogens with one attached hydrogen (secondary N) is 2. The second-order valence-corrected chi connectivity index (χ2v) is 7.63. The lowest BCUT2D eigenvalue weighted by Crippen LogP contribution is -2.34. The molecular weight excluding hydrogens is 375 g/mol. The molecule has 0 bridgehead atoms. The maximum absolute atomic E-state index is 12.5. The highest BCUT2D eigenvalue weighted by Gasteiger charge is 2.25. The van der Waals surface area contributed by atoms with Crippen LogP contribution in [0.1, 0.15) is 6.92 Å². The Balaban J connectivity index is 1.92. The summed E-state index contributed by atoms with van der Waals surface area (Å²) in [5, 5.41) is 2.95. The third-order valence-corrected chi connectivity index (χ3v) is 5.44. The number of hydrogen-bond donors (Lipinski definition) is 2. The lowest BCUT2D eigenvalue weighted by molar-refractivity contribution is -0.122. The number of anilines is 2. The van der Waals surface area contributed by atoms with E-state index in [4.69, 9.17) is 27.9 Å². The fourth-order valence-corrected chi connectivity index (χ4v) is 3.98. The summed E-state index contributed by atoms with van der Waals surface area (Å²) >= 11 is 11.8. The van der Waals surface area contributed by atoms with Gasteiger partial charge in [-0.2, -0.15) is 0 Å². The molecule has 24 heavy (non-hydrogen) atoms. The monoisotopic (exact) mass is 386 g/mol. The zero-order valence-electron chi connectivity index (χ0n) is 12.3. The Kier molecular flexibility index (Phi) is 4.33. The summed E-state index contributed by atoms with van der Waals surface area (Å²) < 4.78 is 32.8. The number of ether oxygens (including phenoxy) is 1. The molecule has 126 valence electrons. The summed E-state index contributed by atoms with van der Waals surface area (Å²) in [7, 11) is -3.94. The third-order valence-electron chi connectivity index (χ3n) is 3.35. The predicted octanol–water partition coefficient (Wildman–Crippen LogP) is 3.51. The van der Waals surface area contributed by atoms with E-state index in [1.54, 1.807) is 13.0 Å². The molecule has 1 atom stereocenters. The van der Waals surface area contributed by atoms with Gasteiger partial charge in [0.2, 0.25) is 0 Å². The summed E-state index contributed by atoms with van der Waals surface area (Å²) in [4.78, 5) is 11.5. The van der Waals surface area contributed by atoms with Crippen LogP contribution in [0.3, 0.4) is 0 Å². The Hall–Kier alpha value is -1.96. The van der Waals surface area contributed by atoms with Gasteiger partial charge in [-0.25, -0.2) is 8.42 Å². The summed E-state index contributed by atoms with van der Waals surface area (Å²) in [5.74, 6) is 0.159. The minimum atomic E-state index is -3.94. The highest BCUT2D eigenvalue weighted by molar-refractivity contribution is 7.92. The van der Waals surface area contributed by atoms with Crippen molar-refractivity contribution in [2.75, 3.05) is 10.0 Å². The van der Waals surface area contributed by atoms with Crippen LogP contribution in [0.5, 0.6) is 5.75 Å². The van der Waals surface area contributed by atoms with E-state index in [9.17, 15) is 13.2 Å². The van der Waals surface area contributed by atoms with E-state index in [2.05, 4.69) is 10.0 Å². The van der Waals surface area contributed by atoms with Crippen molar-refractivity contribution < 1.29 is 17.9 Å². The first-order valence-corrected chi connectivity index (χ1v) is 9.09. The first-order chi connectivity index (χ1) is 11.3. The molecule has 2 aromatic carbocycles. The zero-order valence-corrected chi connectivity index (χ0v) is 14.7. The summed E-state index contributed by atoms with van der Waals surface area (Å²) in [6.45, 7) is 1.62. The molecule has 1 heterocycles. The molecule has 2 aromatic rings. The maximum atomic E-state index is 12.5. The molecule has 0 aliphatic carbocycles. The van der Waals surface area contributed by atoms with Crippen molar-refractivity contribution >= 4 is 50.5 Å². The molecule has 0 spiro atoms. The Labute approximate surface area is 148 Å². The van der Waals surface area contributed by atoms with Crippen LogP contribution in [0.2, 0.25) is 10.0 Å². The van der Waals surface area contributed by atoms with E-state index in [1.165, 1.54) is 30.3 Å². The second kappa shape index (κ2) is 6.16. The van der Waals surface area contributed by atoms with Crippen molar-refractivity contribution in [3.8, 4) is 5.75 Å². The molecule has 1 amide bonds. The van der Waals surface area contributed by atoms with Crippen molar-refractivity contribution in [1.29, 1.82) is 0 Å². The topological polar surface area (TPSA) is 84.5 Å². The van der Waals surface area contributed by atoms with E-state index < -0.39 is 16.1 Å². The molecule has 3 rings (SSSR count). The van der Waals surface area contributed by atoms with Gasteiger partial charge in [-0.1, -0.05) is 23.2 Å². The van der Waals surface area contributed by atoms with Crippen LogP contribution < -0.4 is 14.8 Å². The van der Waals surface area contributed by atoms with Crippen LogP contribution in [0.25, 0.3) is 0 Å². The van der Waals surface area contributed by atoms with Gasteiger partial charge in [0, 0.05) is 5.02 Å². The average molecular weight is 387 g/mol. The number of sulfonamides is 1. The van der Waals surface area contributed by atoms with Crippen LogP contribution >= 0.6 is 23.2 Å². The second-order valence-electron chi connectivity index (χ2n) is 5.14. The number of fused-ring (bicyclic) bond motifs is 1. The molecule has 6 nitrogen and oxygen atoms in total. The standard InChI is InChI=1S/C15H12Cl2N2O4S/c1-8-15(20)18-12-7-10(3-5-13(12)23-8)19-24(21,22)14-6-9(16)2-4-11(14)17/h2-8,19H,1H3,(H,18,20)/t8-/m0/s1. The first-order valence-electron chi connectivity index (χ1n) is 6.86. The lowest BCUT2D eigenvalue weighted by atomic mass is 10.2. The van der Waals surface area contributed by atoms with Gasteiger partial charge in [-0.3, -0.25) is 9.52 Å². The number of amides is 1. The fraction of sp³-hybridized carbons (Fsp3) is 0.133. The fourth-order valence-electron chi connectivity index (χ4n) is 2.17. The maximum Gasteiger partial charge on any atom is 0.265 e. The molecule has 9 heteroatoms. The Morgan fingerprint density at radius 2 is 1.92 bits per heavy atom. The molecule has 0 radical (unpaired) electrons. The summed E-state index contributed by atoms with van der Waals surface area (Å²) in [6.07, 6.45) is -0.606. The molecule has 1 aliphatic heterocycles. The van der Waals surface area contributed by atoms with Crippen LogP contribution in [0.15, 0.2) is 41.3 Å². The molecule has 0 aromatic heterocycles. The van der Waals surface area contributed by atoms with Gasteiger partial charge in [0.1, 0.15) is 10.6 Å². The SMILES string of the molecule is C[C@@H]1Oc2ccc(NS(=O)(=O)c3cc(Cl)ccc3Cl)cc2NC1=O. The summed E-state index contributed by atoms with van der Waals surface area (Å²) in [5.41, 5.74) is 0.638. The van der Waals surface area contributed by atoms with E-state index in [0.29, 0.717) is 11.4 Å². The molecule has 2 N–H and O–H groups in total. The van der Waals surface area contributed by atoms with Gasteiger partial charge in [0.15, 0.2) is 6.10 Å². The van der Waals surface area contributed by atoms with Crippen LogP contribution in [0.4, 0.5) is 11.4 Å². The highest BCUT2D eigenvalue weighted by atomic mass is 35.5. The zero-order chi connectivity index (χ0) is 17.5. The molecule has 0 saturated heterocycles. The predicted molar refractivity (Wildman–Crippen MR) is 92.4 cm³/mol. The molecule has 0 unspecified atom stereocenters. The highest BCUT2D eigenvalue weighted by Crippen LogP contribution is 2.33. The van der Waals surface area contributed by atoms with Gasteiger partial charge in [0.05, 0.1) is 16.4 Å². The Morgan fingerprint density at radius 1 is 1.17 bits per heavy atom. The van der Waals surface area contributed by atoms with Crippen molar-refractivity contribution in [3.05, 3.63) is 46.4 Å². The van der Waals surface area contributed by atoms with Crippen molar-refractivity contribution in [2.45, 2.75) is 17.9 Å². The largest absolute Gasteiger partial charge is 0.479 e. The summed E-state index contributed by atoms with van der Waals surface area (Å²) in [6, 6.07) is 8.73. The number of benzene rings is 2. The van der Waals surface area contributed by atoms with Crippen molar-refractivity contribution in [2.24, 2.45) is 0 Å². The Bertz CT molecular complexity index is 931. The minimum absolute atomic E-state index is 0.0512. The van der Waals surface area contributed by atoms with E-state index >= 15 is 0 Å².